The van der Waals surface area contributed by atoms with Crippen molar-refractivity contribution >= 4 is 24.7 Å². The highest BCUT2D eigenvalue weighted by Crippen LogP contribution is 2.26. The van der Waals surface area contributed by atoms with Crippen LogP contribution in [0.25, 0.3) is 5.53 Å². The lowest BCUT2D eigenvalue weighted by Gasteiger charge is -2.17. The predicted octanol–water partition coefficient (Wildman–Crippen LogP) is 1.17. The Balaban J connectivity index is 2.85. The van der Waals surface area contributed by atoms with Crippen LogP contribution in [0.15, 0.2) is 11.5 Å². The third kappa shape index (κ3) is 5.26. The van der Waals surface area contributed by atoms with E-state index in [0.29, 0.717) is 12.8 Å². The van der Waals surface area contributed by atoms with Gasteiger partial charge in [0.05, 0.1) is 11.7 Å². The maximum Gasteiger partial charge on any atom is 0.384 e. The summed E-state index contributed by atoms with van der Waals surface area (Å²) in [6.45, 7) is 0. The van der Waals surface area contributed by atoms with Crippen molar-refractivity contribution in [1.29, 1.82) is 0 Å². The maximum absolute atomic E-state index is 12.0. The molecule has 0 aliphatic heterocycles. The van der Waals surface area contributed by atoms with Gasteiger partial charge in [0.25, 0.3) is 9.84 Å². The number of sulfone groups is 2. The monoisotopic (exact) mass is 306 g/mol. The lowest BCUT2D eigenvalue weighted by atomic mass is 9.90. The molecule has 0 spiro atoms. The summed E-state index contributed by atoms with van der Waals surface area (Å²) >= 11 is 0. The smallest absolute Gasteiger partial charge is 0.360 e. The fraction of sp³-hybridized carbons (Fsp3) is 0.727. The van der Waals surface area contributed by atoms with E-state index in [1.807, 2.05) is 0 Å². The Bertz CT molecular complexity index is 593. The summed E-state index contributed by atoms with van der Waals surface area (Å²) in [5, 5.41) is 0.630. The maximum atomic E-state index is 12.0. The van der Waals surface area contributed by atoms with E-state index in [1.165, 1.54) is 0 Å². The standard InChI is InChI=1S/C11H18N2O4S2/c1-18(14,15)8-5-9-19(16,17)11(13-12)10-6-3-2-4-7-10/h5,8,10H,2-4,6-7,9H2,1H3. The molecule has 0 bridgehead atoms. The Morgan fingerprint density at radius 3 is 2.26 bits per heavy atom. The first-order chi connectivity index (χ1) is 8.76. The molecule has 8 heteroatoms. The van der Waals surface area contributed by atoms with Crippen LogP contribution in [0.3, 0.4) is 0 Å². The van der Waals surface area contributed by atoms with E-state index in [0.717, 1.165) is 37.0 Å². The predicted molar refractivity (Wildman–Crippen MR) is 73.0 cm³/mol. The molecule has 0 heterocycles. The van der Waals surface area contributed by atoms with E-state index in [1.54, 1.807) is 0 Å². The van der Waals surface area contributed by atoms with Crippen LogP contribution in [-0.4, -0.2) is 38.7 Å². The molecule has 1 rings (SSSR count). The van der Waals surface area contributed by atoms with Gasteiger partial charge in [-0.1, -0.05) is 25.3 Å². The van der Waals surface area contributed by atoms with Gasteiger partial charge in [0, 0.05) is 11.7 Å². The summed E-state index contributed by atoms with van der Waals surface area (Å²) in [5.41, 5.74) is 8.94. The number of rotatable bonds is 4. The zero-order chi connectivity index (χ0) is 14.5. The molecule has 1 aliphatic rings. The topological polar surface area (TPSA) is 105 Å². The number of hydrogen-bond acceptors (Lipinski definition) is 4. The molecule has 1 fully saturated rings. The molecule has 6 nitrogen and oxygen atoms in total. The van der Waals surface area contributed by atoms with Crippen LogP contribution in [-0.2, 0) is 19.7 Å². The van der Waals surface area contributed by atoms with Gasteiger partial charge in [-0.25, -0.2) is 16.8 Å². The summed E-state index contributed by atoms with van der Waals surface area (Å²) in [7, 11) is -7.10. The van der Waals surface area contributed by atoms with Crippen molar-refractivity contribution < 1.29 is 21.6 Å². The van der Waals surface area contributed by atoms with Gasteiger partial charge in [-0.15, -0.1) is 0 Å². The largest absolute Gasteiger partial charge is 0.384 e. The third-order valence-electron chi connectivity index (χ3n) is 3.03. The second-order valence-corrected chi connectivity index (χ2v) is 8.67. The first kappa shape index (κ1) is 16.1. The fourth-order valence-corrected chi connectivity index (χ4v) is 4.13. The normalized spacial score (nSPS) is 18.4. The van der Waals surface area contributed by atoms with Crippen LogP contribution in [0.5, 0.6) is 0 Å². The minimum atomic E-state index is -3.75. The number of nitrogens with zero attached hydrogens (tertiary/aromatic N) is 2. The quantitative estimate of drug-likeness (QED) is 0.336. The molecular formula is C11H18N2O4S2. The lowest BCUT2D eigenvalue weighted by Crippen LogP contribution is -2.28. The second kappa shape index (κ2) is 6.45. The minimum Gasteiger partial charge on any atom is -0.360 e. The summed E-state index contributed by atoms with van der Waals surface area (Å²) in [4.78, 5) is 2.94. The van der Waals surface area contributed by atoms with Crippen LogP contribution in [0.1, 0.15) is 32.1 Å². The summed E-state index contributed by atoms with van der Waals surface area (Å²) in [6, 6.07) is 0. The van der Waals surface area contributed by atoms with E-state index < -0.39 is 25.4 Å². The Hall–Kier alpha value is -0.980. The van der Waals surface area contributed by atoms with E-state index in [4.69, 9.17) is 5.53 Å². The molecule has 0 aromatic carbocycles. The number of hydrogen-bond donors (Lipinski definition) is 0. The van der Waals surface area contributed by atoms with Crippen molar-refractivity contribution in [3.8, 4) is 0 Å². The molecule has 0 unspecified atom stereocenters. The van der Waals surface area contributed by atoms with Crippen molar-refractivity contribution in [1.82, 2.24) is 0 Å². The lowest BCUT2D eigenvalue weighted by molar-refractivity contribution is -0.00901. The van der Waals surface area contributed by atoms with E-state index in [9.17, 15) is 16.8 Å². The average molecular weight is 306 g/mol. The molecule has 108 valence electrons. The molecule has 19 heavy (non-hydrogen) atoms. The van der Waals surface area contributed by atoms with Crippen LogP contribution in [0.4, 0.5) is 0 Å². The SMILES string of the molecule is CS(=O)(=O)C=CCS(=O)(=O)C(=[N+]=[N-])C1CCCCC1. The van der Waals surface area contributed by atoms with Crippen molar-refractivity contribution in [2.45, 2.75) is 32.1 Å². The summed E-state index contributed by atoms with van der Waals surface area (Å²) < 4.78 is 45.8. The van der Waals surface area contributed by atoms with E-state index >= 15 is 0 Å². The molecule has 0 aromatic heterocycles. The first-order valence-electron chi connectivity index (χ1n) is 6.07. The van der Waals surface area contributed by atoms with Crippen molar-refractivity contribution in [3.63, 3.8) is 0 Å². The van der Waals surface area contributed by atoms with Gasteiger partial charge in [0.2, 0.25) is 0 Å². The average Bonchev–Trinajstić information content (AvgIpc) is 2.28. The molecule has 0 atom stereocenters. The van der Waals surface area contributed by atoms with Crippen LogP contribution in [0.2, 0.25) is 0 Å². The Morgan fingerprint density at radius 2 is 1.79 bits per heavy atom. The van der Waals surface area contributed by atoms with Gasteiger partial charge in [-0.2, -0.15) is 4.79 Å². The zero-order valence-electron chi connectivity index (χ0n) is 10.8. The van der Waals surface area contributed by atoms with E-state index in [-0.39, 0.29) is 11.0 Å². The fourth-order valence-electron chi connectivity index (χ4n) is 2.17. The molecule has 1 aliphatic carbocycles. The molecule has 0 aromatic rings. The van der Waals surface area contributed by atoms with Gasteiger partial charge in [-0.05, 0) is 12.8 Å². The van der Waals surface area contributed by atoms with Gasteiger partial charge in [0.1, 0.15) is 0 Å². The highest BCUT2D eigenvalue weighted by molar-refractivity contribution is 8.06. The minimum absolute atomic E-state index is 0.217. The molecule has 0 amide bonds. The molecule has 1 saturated carbocycles. The highest BCUT2D eigenvalue weighted by Gasteiger charge is 2.36. The summed E-state index contributed by atoms with van der Waals surface area (Å²) in [5.74, 6) is -0.717. The van der Waals surface area contributed by atoms with Crippen molar-refractivity contribution in [2.24, 2.45) is 5.92 Å². The van der Waals surface area contributed by atoms with Gasteiger partial charge in [0.15, 0.2) is 9.84 Å². The Morgan fingerprint density at radius 1 is 1.21 bits per heavy atom. The highest BCUT2D eigenvalue weighted by atomic mass is 32.2. The first-order valence-corrected chi connectivity index (χ1v) is 9.68. The zero-order valence-corrected chi connectivity index (χ0v) is 12.5. The van der Waals surface area contributed by atoms with Crippen LogP contribution in [0, 0.1) is 5.92 Å². The third-order valence-corrected chi connectivity index (χ3v) is 5.40. The molecule has 0 N–H and O–H groups in total. The van der Waals surface area contributed by atoms with Gasteiger partial charge in [-0.3, -0.25) is 0 Å². The van der Waals surface area contributed by atoms with Gasteiger partial charge < -0.3 is 5.53 Å². The van der Waals surface area contributed by atoms with Gasteiger partial charge >= 0.3 is 5.04 Å². The van der Waals surface area contributed by atoms with E-state index in [2.05, 4.69) is 4.79 Å². The van der Waals surface area contributed by atoms with Crippen LogP contribution >= 0.6 is 0 Å². The second-order valence-electron chi connectivity index (χ2n) is 4.76. The molecule has 0 saturated heterocycles. The van der Waals surface area contributed by atoms with Crippen molar-refractivity contribution in [3.05, 3.63) is 17.0 Å². The Kier molecular flexibility index (Phi) is 5.46. The van der Waals surface area contributed by atoms with Crippen LogP contribution < -0.4 is 0 Å². The Labute approximate surface area is 114 Å². The molecule has 0 radical (unpaired) electrons. The molecular weight excluding hydrogens is 288 g/mol. The summed E-state index contributed by atoms with van der Waals surface area (Å²) in [6.07, 6.45) is 6.32. The van der Waals surface area contributed by atoms with Crippen molar-refractivity contribution in [2.75, 3.05) is 12.0 Å².